The average Bonchev–Trinajstić information content (AvgIpc) is 2.81. The summed E-state index contributed by atoms with van der Waals surface area (Å²) in [6.07, 6.45) is 5.53. The maximum absolute atomic E-state index is 12.1. The molecule has 0 spiro atoms. The van der Waals surface area contributed by atoms with Gasteiger partial charge in [0.1, 0.15) is 6.04 Å². The molecule has 2 rings (SSSR count). The van der Waals surface area contributed by atoms with Crippen molar-refractivity contribution in [3.05, 3.63) is 28.0 Å². The third-order valence-electron chi connectivity index (χ3n) is 3.22. The molecule has 1 aliphatic rings. The maximum Gasteiger partial charge on any atom is 0.326 e. The second kappa shape index (κ2) is 6.02. The van der Waals surface area contributed by atoms with Crippen molar-refractivity contribution in [1.29, 1.82) is 0 Å². The predicted octanol–water partition coefficient (Wildman–Crippen LogP) is 2.54. The summed E-state index contributed by atoms with van der Waals surface area (Å²) in [6, 6.07) is 3.28. The van der Waals surface area contributed by atoms with E-state index in [2.05, 4.69) is 0 Å². The molecule has 0 radical (unpaired) electrons. The lowest BCUT2D eigenvalue weighted by atomic mass is 10.0. The van der Waals surface area contributed by atoms with Gasteiger partial charge in [0.15, 0.2) is 0 Å². The fourth-order valence-electron chi connectivity index (χ4n) is 2.24. The fourth-order valence-corrected chi connectivity index (χ4v) is 3.02. The molecule has 19 heavy (non-hydrogen) atoms. The molecule has 4 nitrogen and oxygen atoms in total. The number of piperidine rings is 1. The Morgan fingerprint density at radius 1 is 1.42 bits per heavy atom. The van der Waals surface area contributed by atoms with E-state index in [0.717, 1.165) is 17.7 Å². The van der Waals surface area contributed by atoms with Crippen molar-refractivity contribution >= 4 is 29.3 Å². The molecule has 1 atom stereocenters. The number of carboxylic acids is 1. The first-order chi connectivity index (χ1) is 9.08. The molecule has 1 aliphatic heterocycles. The van der Waals surface area contributed by atoms with Gasteiger partial charge in [0.2, 0.25) is 5.91 Å². The van der Waals surface area contributed by atoms with E-state index in [1.54, 1.807) is 17.4 Å². The Morgan fingerprint density at radius 3 is 2.84 bits per heavy atom. The summed E-state index contributed by atoms with van der Waals surface area (Å²) in [5, 5.41) is 9.13. The van der Waals surface area contributed by atoms with E-state index in [4.69, 9.17) is 5.11 Å². The summed E-state index contributed by atoms with van der Waals surface area (Å²) in [5.41, 5.74) is 0. The van der Waals surface area contributed by atoms with Crippen LogP contribution in [0.3, 0.4) is 0 Å². The van der Waals surface area contributed by atoms with Gasteiger partial charge in [-0.15, -0.1) is 11.3 Å². The van der Waals surface area contributed by atoms with Crippen molar-refractivity contribution in [2.75, 3.05) is 6.54 Å². The molecule has 1 N–H and O–H groups in total. The average molecular weight is 279 g/mol. The van der Waals surface area contributed by atoms with E-state index in [1.165, 1.54) is 15.9 Å². The van der Waals surface area contributed by atoms with Crippen molar-refractivity contribution in [2.45, 2.75) is 32.2 Å². The zero-order valence-corrected chi connectivity index (χ0v) is 11.7. The number of aryl methyl sites for hydroxylation is 1. The summed E-state index contributed by atoms with van der Waals surface area (Å²) in [4.78, 5) is 26.9. The molecule has 0 aromatic carbocycles. The number of carboxylic acid groups (broad SMARTS) is 1. The zero-order chi connectivity index (χ0) is 13.8. The van der Waals surface area contributed by atoms with Gasteiger partial charge in [0.25, 0.3) is 0 Å². The topological polar surface area (TPSA) is 57.6 Å². The van der Waals surface area contributed by atoms with E-state index >= 15 is 0 Å². The van der Waals surface area contributed by atoms with Gasteiger partial charge in [-0.1, -0.05) is 0 Å². The molecular formula is C14H17NO3S. The SMILES string of the molecule is Cc1ccc(C=CC(=O)N2CCCCC2C(=O)O)s1. The normalized spacial score (nSPS) is 19.8. The van der Waals surface area contributed by atoms with Crippen LogP contribution in [0.2, 0.25) is 0 Å². The van der Waals surface area contributed by atoms with Gasteiger partial charge in [-0.2, -0.15) is 0 Å². The third-order valence-corrected chi connectivity index (χ3v) is 4.19. The van der Waals surface area contributed by atoms with E-state index < -0.39 is 12.0 Å². The smallest absolute Gasteiger partial charge is 0.326 e. The first-order valence-corrected chi connectivity index (χ1v) is 7.17. The number of nitrogens with zero attached hydrogens (tertiary/aromatic N) is 1. The molecular weight excluding hydrogens is 262 g/mol. The highest BCUT2D eigenvalue weighted by molar-refractivity contribution is 7.12. The van der Waals surface area contributed by atoms with Gasteiger partial charge >= 0.3 is 5.97 Å². The van der Waals surface area contributed by atoms with Gasteiger partial charge in [0.05, 0.1) is 0 Å². The quantitative estimate of drug-likeness (QED) is 0.865. The van der Waals surface area contributed by atoms with Crippen LogP contribution in [-0.4, -0.2) is 34.5 Å². The number of aliphatic carboxylic acids is 1. The highest BCUT2D eigenvalue weighted by atomic mass is 32.1. The van der Waals surface area contributed by atoms with Crippen LogP contribution in [0.4, 0.5) is 0 Å². The first-order valence-electron chi connectivity index (χ1n) is 6.36. The molecule has 5 heteroatoms. The molecule has 1 fully saturated rings. The highest BCUT2D eigenvalue weighted by Gasteiger charge is 2.30. The third kappa shape index (κ3) is 3.44. The van der Waals surface area contributed by atoms with Crippen molar-refractivity contribution in [3.63, 3.8) is 0 Å². The van der Waals surface area contributed by atoms with Crippen LogP contribution in [0.1, 0.15) is 29.0 Å². The van der Waals surface area contributed by atoms with E-state index in [0.29, 0.717) is 13.0 Å². The Hall–Kier alpha value is -1.62. The number of carbonyl (C=O) groups excluding carboxylic acids is 1. The summed E-state index contributed by atoms with van der Waals surface area (Å²) < 4.78 is 0. The summed E-state index contributed by atoms with van der Waals surface area (Å²) in [5.74, 6) is -1.12. The van der Waals surface area contributed by atoms with Gasteiger partial charge < -0.3 is 10.0 Å². The molecule has 1 unspecified atom stereocenters. The van der Waals surface area contributed by atoms with Crippen LogP contribution in [0, 0.1) is 6.92 Å². The molecule has 0 aliphatic carbocycles. The Morgan fingerprint density at radius 2 is 2.21 bits per heavy atom. The Balaban J connectivity index is 2.05. The van der Waals surface area contributed by atoms with Crippen LogP contribution in [0.15, 0.2) is 18.2 Å². The molecule has 102 valence electrons. The molecule has 2 heterocycles. The van der Waals surface area contributed by atoms with E-state index in [9.17, 15) is 9.59 Å². The standard InChI is InChI=1S/C14H17NO3S/c1-10-5-6-11(19-10)7-8-13(16)15-9-3-2-4-12(15)14(17)18/h5-8,12H,2-4,9H2,1H3,(H,17,18). The minimum Gasteiger partial charge on any atom is -0.480 e. The molecule has 0 saturated carbocycles. The van der Waals surface area contributed by atoms with Crippen molar-refractivity contribution in [1.82, 2.24) is 4.90 Å². The first kappa shape index (κ1) is 13.8. The minimum absolute atomic E-state index is 0.210. The van der Waals surface area contributed by atoms with Crippen LogP contribution in [0.5, 0.6) is 0 Å². The lowest BCUT2D eigenvalue weighted by Crippen LogP contribution is -2.47. The molecule has 1 aromatic heterocycles. The summed E-state index contributed by atoms with van der Waals surface area (Å²) in [6.45, 7) is 2.54. The zero-order valence-electron chi connectivity index (χ0n) is 10.8. The van der Waals surface area contributed by atoms with Gasteiger partial charge in [-0.3, -0.25) is 4.79 Å². The number of amides is 1. The Labute approximate surface area is 116 Å². The monoisotopic (exact) mass is 279 g/mol. The van der Waals surface area contributed by atoms with Crippen LogP contribution >= 0.6 is 11.3 Å². The van der Waals surface area contributed by atoms with E-state index in [-0.39, 0.29) is 5.91 Å². The fraction of sp³-hybridized carbons (Fsp3) is 0.429. The van der Waals surface area contributed by atoms with Gasteiger partial charge in [-0.25, -0.2) is 4.79 Å². The second-order valence-electron chi connectivity index (χ2n) is 4.66. The summed E-state index contributed by atoms with van der Waals surface area (Å²) in [7, 11) is 0. The van der Waals surface area contributed by atoms with Crippen molar-refractivity contribution in [3.8, 4) is 0 Å². The molecule has 1 amide bonds. The van der Waals surface area contributed by atoms with Crippen LogP contribution < -0.4 is 0 Å². The van der Waals surface area contributed by atoms with Crippen molar-refractivity contribution < 1.29 is 14.7 Å². The molecule has 1 aromatic rings. The molecule has 0 bridgehead atoms. The Kier molecular flexibility index (Phi) is 4.37. The minimum atomic E-state index is -0.909. The van der Waals surface area contributed by atoms with Crippen LogP contribution in [0.25, 0.3) is 6.08 Å². The number of carbonyl (C=O) groups is 2. The largest absolute Gasteiger partial charge is 0.480 e. The summed E-state index contributed by atoms with van der Waals surface area (Å²) >= 11 is 1.61. The number of rotatable bonds is 3. The molecule has 1 saturated heterocycles. The number of likely N-dealkylation sites (tertiary alicyclic amines) is 1. The number of thiophene rings is 1. The highest BCUT2D eigenvalue weighted by Crippen LogP contribution is 2.19. The Bertz CT molecular complexity index is 507. The van der Waals surface area contributed by atoms with E-state index in [1.807, 2.05) is 19.1 Å². The number of hydrogen-bond donors (Lipinski definition) is 1. The predicted molar refractivity (Wildman–Crippen MR) is 75.1 cm³/mol. The lowest BCUT2D eigenvalue weighted by Gasteiger charge is -2.32. The second-order valence-corrected chi connectivity index (χ2v) is 5.98. The van der Waals surface area contributed by atoms with Crippen molar-refractivity contribution in [2.24, 2.45) is 0 Å². The maximum atomic E-state index is 12.1. The van der Waals surface area contributed by atoms with Gasteiger partial charge in [0, 0.05) is 22.4 Å². The van der Waals surface area contributed by atoms with Crippen LogP contribution in [-0.2, 0) is 9.59 Å². The van der Waals surface area contributed by atoms with Gasteiger partial charge in [-0.05, 0) is 44.4 Å². The number of hydrogen-bond acceptors (Lipinski definition) is 3. The lowest BCUT2D eigenvalue weighted by molar-refractivity contribution is -0.150.